The van der Waals surface area contributed by atoms with Crippen LogP contribution < -0.4 is 5.14 Å². The Labute approximate surface area is 113 Å². The number of phenols is 1. The van der Waals surface area contributed by atoms with Crippen LogP contribution in [0.3, 0.4) is 0 Å². The molecule has 0 aliphatic carbocycles. The van der Waals surface area contributed by atoms with Crippen molar-refractivity contribution < 1.29 is 13.5 Å². The van der Waals surface area contributed by atoms with E-state index in [-0.39, 0.29) is 4.90 Å². The van der Waals surface area contributed by atoms with E-state index in [9.17, 15) is 8.42 Å². The standard InChI is InChI=1S/C8H11NO2S.C6H6O/c1-6-4-3-5-8(7(6)2)12(9,10)11;7-6-4-2-1-3-5-6/h3-5H,1-2H3,(H2,9,10,11);1-5,7H. The van der Waals surface area contributed by atoms with Gasteiger partial charge in [0.05, 0.1) is 4.90 Å². The first-order valence-corrected chi connectivity index (χ1v) is 7.20. The number of phenolic OH excluding ortho intramolecular Hbond substituents is 1. The first-order valence-electron chi connectivity index (χ1n) is 5.65. The van der Waals surface area contributed by atoms with E-state index in [4.69, 9.17) is 10.2 Å². The summed E-state index contributed by atoms with van der Waals surface area (Å²) in [5.41, 5.74) is 1.65. The van der Waals surface area contributed by atoms with Crippen LogP contribution in [-0.2, 0) is 10.0 Å². The Morgan fingerprint density at radius 3 is 1.89 bits per heavy atom. The highest BCUT2D eigenvalue weighted by Crippen LogP contribution is 2.16. The Balaban J connectivity index is 0.000000218. The maximum Gasteiger partial charge on any atom is 0.238 e. The van der Waals surface area contributed by atoms with Gasteiger partial charge in [-0.2, -0.15) is 0 Å². The predicted octanol–water partition coefficient (Wildman–Crippen LogP) is 2.34. The molecule has 0 heterocycles. The van der Waals surface area contributed by atoms with E-state index in [1.165, 1.54) is 6.07 Å². The molecule has 0 aliphatic rings. The highest BCUT2D eigenvalue weighted by Gasteiger charge is 2.11. The van der Waals surface area contributed by atoms with Gasteiger partial charge in [0.2, 0.25) is 10.0 Å². The van der Waals surface area contributed by atoms with Crippen molar-refractivity contribution in [1.29, 1.82) is 0 Å². The van der Waals surface area contributed by atoms with Gasteiger partial charge in [-0.1, -0.05) is 30.3 Å². The number of hydrogen-bond donors (Lipinski definition) is 2. The molecule has 0 aliphatic heterocycles. The Kier molecular flexibility index (Phi) is 5.09. The Bertz CT molecular complexity index is 637. The van der Waals surface area contributed by atoms with Crippen LogP contribution in [0.1, 0.15) is 11.1 Å². The summed E-state index contributed by atoms with van der Waals surface area (Å²) in [5.74, 6) is 0.322. The van der Waals surface area contributed by atoms with Crippen molar-refractivity contribution >= 4 is 10.0 Å². The predicted molar refractivity (Wildman–Crippen MR) is 75.4 cm³/mol. The van der Waals surface area contributed by atoms with Gasteiger partial charge in [-0.15, -0.1) is 0 Å². The summed E-state index contributed by atoms with van der Waals surface area (Å²) < 4.78 is 22.0. The number of para-hydroxylation sites is 1. The van der Waals surface area contributed by atoms with Crippen molar-refractivity contribution in [1.82, 2.24) is 0 Å². The molecule has 2 aromatic rings. The molecule has 3 N–H and O–H groups in total. The minimum absolute atomic E-state index is 0.211. The minimum Gasteiger partial charge on any atom is -0.508 e. The monoisotopic (exact) mass is 279 g/mol. The van der Waals surface area contributed by atoms with Crippen LogP contribution in [0, 0.1) is 13.8 Å². The van der Waals surface area contributed by atoms with Gasteiger partial charge in [-0.3, -0.25) is 0 Å². The smallest absolute Gasteiger partial charge is 0.238 e. The summed E-state index contributed by atoms with van der Waals surface area (Å²) in [7, 11) is -3.56. The van der Waals surface area contributed by atoms with Crippen LogP contribution >= 0.6 is 0 Å². The third-order valence-corrected chi connectivity index (χ3v) is 3.67. The number of rotatable bonds is 1. The van der Waals surface area contributed by atoms with Crippen LogP contribution in [0.15, 0.2) is 53.4 Å². The lowest BCUT2D eigenvalue weighted by atomic mass is 10.1. The summed E-state index contributed by atoms with van der Waals surface area (Å²) in [6, 6.07) is 13.8. The lowest BCUT2D eigenvalue weighted by Gasteiger charge is -2.04. The molecule has 0 fully saturated rings. The van der Waals surface area contributed by atoms with Crippen molar-refractivity contribution in [3.05, 3.63) is 59.7 Å². The molecule has 0 saturated carbocycles. The molecule has 4 nitrogen and oxygen atoms in total. The number of primary sulfonamides is 1. The fraction of sp³-hybridized carbons (Fsp3) is 0.143. The molecule has 5 heteroatoms. The number of aromatic hydroxyl groups is 1. The van der Waals surface area contributed by atoms with Gasteiger partial charge in [-0.25, -0.2) is 13.6 Å². The van der Waals surface area contributed by atoms with Gasteiger partial charge in [0.25, 0.3) is 0 Å². The zero-order chi connectivity index (χ0) is 14.5. The molecule has 0 spiro atoms. The molecule has 102 valence electrons. The normalized spacial score (nSPS) is 10.5. The van der Waals surface area contributed by atoms with Gasteiger partial charge in [0.1, 0.15) is 5.75 Å². The molecule has 0 aromatic heterocycles. The van der Waals surface area contributed by atoms with Gasteiger partial charge in [0.15, 0.2) is 0 Å². The molecule has 0 bridgehead atoms. The second-order valence-corrected chi connectivity index (χ2v) is 5.61. The van der Waals surface area contributed by atoms with Crippen molar-refractivity contribution in [3.8, 4) is 5.75 Å². The minimum atomic E-state index is -3.56. The molecule has 2 rings (SSSR count). The van der Waals surface area contributed by atoms with E-state index in [2.05, 4.69) is 0 Å². The lowest BCUT2D eigenvalue weighted by Crippen LogP contribution is -2.13. The van der Waals surface area contributed by atoms with Gasteiger partial charge < -0.3 is 5.11 Å². The third-order valence-electron chi connectivity index (χ3n) is 2.62. The Morgan fingerprint density at radius 2 is 1.53 bits per heavy atom. The van der Waals surface area contributed by atoms with Crippen molar-refractivity contribution in [2.45, 2.75) is 18.7 Å². The number of hydrogen-bond acceptors (Lipinski definition) is 3. The van der Waals surface area contributed by atoms with E-state index in [1.807, 2.05) is 19.1 Å². The summed E-state index contributed by atoms with van der Waals surface area (Å²) >= 11 is 0. The first-order chi connectivity index (χ1) is 8.82. The second-order valence-electron chi connectivity index (χ2n) is 4.08. The van der Waals surface area contributed by atoms with Crippen LogP contribution in [0.2, 0.25) is 0 Å². The topological polar surface area (TPSA) is 80.4 Å². The molecule has 0 radical (unpaired) electrons. The molecule has 0 amide bonds. The van der Waals surface area contributed by atoms with Crippen LogP contribution in [0.5, 0.6) is 5.75 Å². The average molecular weight is 279 g/mol. The maximum atomic E-state index is 11.0. The first kappa shape index (κ1) is 15.2. The van der Waals surface area contributed by atoms with E-state index in [0.717, 1.165) is 11.1 Å². The van der Waals surface area contributed by atoms with Crippen LogP contribution in [0.25, 0.3) is 0 Å². The summed E-state index contributed by atoms with van der Waals surface area (Å²) in [4.78, 5) is 0.211. The molecular weight excluding hydrogens is 262 g/mol. The van der Waals surface area contributed by atoms with E-state index >= 15 is 0 Å². The number of nitrogens with two attached hydrogens (primary N) is 1. The number of benzene rings is 2. The summed E-state index contributed by atoms with van der Waals surface area (Å²) in [6.45, 7) is 3.60. The molecule has 0 unspecified atom stereocenters. The highest BCUT2D eigenvalue weighted by molar-refractivity contribution is 7.89. The van der Waals surface area contributed by atoms with Crippen LogP contribution in [-0.4, -0.2) is 13.5 Å². The summed E-state index contributed by atoms with van der Waals surface area (Å²) in [6.07, 6.45) is 0. The SMILES string of the molecule is Cc1cccc(S(N)(=O)=O)c1C.Oc1ccccc1. The largest absolute Gasteiger partial charge is 0.508 e. The maximum absolute atomic E-state index is 11.0. The quantitative estimate of drug-likeness (QED) is 0.840. The van der Waals surface area contributed by atoms with Gasteiger partial charge in [0, 0.05) is 0 Å². The second kappa shape index (κ2) is 6.36. The van der Waals surface area contributed by atoms with Crippen molar-refractivity contribution in [3.63, 3.8) is 0 Å². The van der Waals surface area contributed by atoms with Gasteiger partial charge in [-0.05, 0) is 43.2 Å². The van der Waals surface area contributed by atoms with Crippen molar-refractivity contribution in [2.75, 3.05) is 0 Å². The Morgan fingerprint density at radius 1 is 0.947 bits per heavy atom. The number of aryl methyl sites for hydroxylation is 1. The molecular formula is C14H17NO3S. The summed E-state index contributed by atoms with van der Waals surface area (Å²) in [5, 5.41) is 13.6. The Hall–Kier alpha value is -1.85. The number of sulfonamides is 1. The zero-order valence-electron chi connectivity index (χ0n) is 10.9. The average Bonchev–Trinajstić information content (AvgIpc) is 2.33. The zero-order valence-corrected chi connectivity index (χ0v) is 11.7. The highest BCUT2D eigenvalue weighted by atomic mass is 32.2. The van der Waals surface area contributed by atoms with Gasteiger partial charge >= 0.3 is 0 Å². The van der Waals surface area contributed by atoms with E-state index in [1.54, 1.807) is 37.3 Å². The molecule has 0 atom stereocenters. The fourth-order valence-electron chi connectivity index (χ4n) is 1.46. The lowest BCUT2D eigenvalue weighted by molar-refractivity contribution is 0.475. The molecule has 19 heavy (non-hydrogen) atoms. The van der Waals surface area contributed by atoms with Crippen LogP contribution in [0.4, 0.5) is 0 Å². The fourth-order valence-corrected chi connectivity index (χ4v) is 2.32. The molecule has 0 saturated heterocycles. The third kappa shape index (κ3) is 4.73. The molecule has 2 aromatic carbocycles. The van der Waals surface area contributed by atoms with E-state index < -0.39 is 10.0 Å². The van der Waals surface area contributed by atoms with Crippen molar-refractivity contribution in [2.24, 2.45) is 5.14 Å². The van der Waals surface area contributed by atoms with E-state index in [0.29, 0.717) is 5.75 Å².